The highest BCUT2D eigenvalue weighted by Gasteiger charge is 2.66. The molecule has 1 aliphatic heterocycles. The summed E-state index contributed by atoms with van der Waals surface area (Å²) in [4.78, 5) is 3.83. The number of hydrogen-bond acceptors (Lipinski definition) is 4. The average Bonchev–Trinajstić information content (AvgIpc) is 2.61. The second-order valence-electron chi connectivity index (χ2n) is 7.51. The van der Waals surface area contributed by atoms with Gasteiger partial charge >= 0.3 is 5.92 Å². The number of methoxy groups -OCH3 is 1. The van der Waals surface area contributed by atoms with Crippen molar-refractivity contribution in [3.8, 4) is 5.75 Å². The first-order chi connectivity index (χ1) is 13.0. The Kier molecular flexibility index (Phi) is 4.81. The largest absolute Gasteiger partial charge is 0.496 e. The van der Waals surface area contributed by atoms with Crippen LogP contribution in [0.2, 0.25) is 0 Å². The van der Waals surface area contributed by atoms with Crippen LogP contribution in [-0.2, 0) is 16.7 Å². The zero-order valence-corrected chi connectivity index (χ0v) is 16.2. The molecule has 0 spiro atoms. The molecular formula is C21H23F3N2O2. The normalized spacial score (nSPS) is 22.9. The van der Waals surface area contributed by atoms with Crippen LogP contribution in [0.1, 0.15) is 37.5 Å². The van der Waals surface area contributed by atoms with Gasteiger partial charge in [0.15, 0.2) is 11.1 Å². The van der Waals surface area contributed by atoms with Gasteiger partial charge in [-0.25, -0.2) is 9.38 Å². The summed E-state index contributed by atoms with van der Waals surface area (Å²) in [5.41, 5.74) is 2.77. The fraction of sp³-hybridized carbons (Fsp3) is 0.381. The first kappa shape index (κ1) is 20.0. The maximum Gasteiger partial charge on any atom is 0.315 e. The van der Waals surface area contributed by atoms with Gasteiger partial charge in [0.1, 0.15) is 11.6 Å². The van der Waals surface area contributed by atoms with E-state index in [-0.39, 0.29) is 5.56 Å². The maximum atomic E-state index is 15.3. The minimum absolute atomic E-state index is 0.232. The van der Waals surface area contributed by atoms with Crippen LogP contribution in [0.5, 0.6) is 5.75 Å². The summed E-state index contributed by atoms with van der Waals surface area (Å²) in [5, 5.41) is 0. The van der Waals surface area contributed by atoms with Gasteiger partial charge in [0.25, 0.3) is 6.02 Å². The van der Waals surface area contributed by atoms with E-state index in [1.54, 1.807) is 19.2 Å². The monoisotopic (exact) mass is 392 g/mol. The van der Waals surface area contributed by atoms with Gasteiger partial charge in [0.2, 0.25) is 0 Å². The Hall–Kier alpha value is -2.70. The second kappa shape index (κ2) is 6.72. The highest BCUT2D eigenvalue weighted by Crippen LogP contribution is 2.51. The molecule has 0 unspecified atom stereocenters. The number of nitrogens with two attached hydrogens (primary N) is 1. The van der Waals surface area contributed by atoms with Crippen LogP contribution < -0.4 is 10.5 Å². The number of alkyl halides is 2. The lowest BCUT2D eigenvalue weighted by atomic mass is 9.76. The van der Waals surface area contributed by atoms with E-state index in [1.807, 2.05) is 18.2 Å². The molecule has 0 fully saturated rings. The van der Waals surface area contributed by atoms with E-state index in [9.17, 15) is 4.39 Å². The molecule has 1 atom stereocenters. The molecule has 3 rings (SSSR count). The van der Waals surface area contributed by atoms with E-state index >= 15 is 8.78 Å². The topological polar surface area (TPSA) is 56.8 Å². The molecule has 2 aromatic rings. The second-order valence-corrected chi connectivity index (χ2v) is 7.51. The Bertz CT molecular complexity index is 928. The molecule has 0 saturated heterocycles. The molecule has 0 radical (unpaired) electrons. The van der Waals surface area contributed by atoms with Crippen molar-refractivity contribution in [2.75, 3.05) is 7.11 Å². The standard InChI is InChI=1S/C21H23F3N2O2/c1-19(2)21(23,24)20(3,26-18(25)28-19)15-12-13(9-10-16(15)22)11-14-7-5-6-8-17(14)27-4/h5-10,12H,11H2,1-4H3,(H2,25,26)/t20-/m1/s1. The number of aliphatic imine (C=N–C) groups is 1. The third-order valence-electron chi connectivity index (χ3n) is 5.20. The van der Waals surface area contributed by atoms with Crippen molar-refractivity contribution in [3.05, 3.63) is 65.0 Å². The van der Waals surface area contributed by atoms with Gasteiger partial charge in [-0.2, -0.15) is 8.78 Å². The van der Waals surface area contributed by atoms with Gasteiger partial charge in [-0.1, -0.05) is 24.3 Å². The molecule has 0 aromatic heterocycles. The zero-order valence-electron chi connectivity index (χ0n) is 16.2. The lowest BCUT2D eigenvalue weighted by Gasteiger charge is -2.46. The van der Waals surface area contributed by atoms with E-state index in [1.165, 1.54) is 32.9 Å². The van der Waals surface area contributed by atoms with E-state index in [0.717, 1.165) is 5.56 Å². The minimum Gasteiger partial charge on any atom is -0.496 e. The summed E-state index contributed by atoms with van der Waals surface area (Å²) in [6.45, 7) is 3.60. The quantitative estimate of drug-likeness (QED) is 0.839. The van der Waals surface area contributed by atoms with Crippen LogP contribution in [0, 0.1) is 5.82 Å². The van der Waals surface area contributed by atoms with Crippen LogP contribution in [0.25, 0.3) is 0 Å². The SMILES string of the molecule is COc1ccccc1Cc1ccc(F)c([C@@]2(C)N=C(N)OC(C)(C)C2(F)F)c1. The van der Waals surface area contributed by atoms with Crippen molar-refractivity contribution >= 4 is 6.02 Å². The van der Waals surface area contributed by atoms with Gasteiger partial charge in [-0.3, -0.25) is 0 Å². The predicted molar refractivity (Wildman–Crippen MR) is 101 cm³/mol. The Balaban J connectivity index is 2.10. The smallest absolute Gasteiger partial charge is 0.315 e. The number of hydrogen-bond donors (Lipinski definition) is 1. The van der Waals surface area contributed by atoms with Gasteiger partial charge in [-0.15, -0.1) is 0 Å². The highest BCUT2D eigenvalue weighted by molar-refractivity contribution is 5.74. The highest BCUT2D eigenvalue weighted by atomic mass is 19.3. The van der Waals surface area contributed by atoms with E-state index in [0.29, 0.717) is 17.7 Å². The van der Waals surface area contributed by atoms with Crippen LogP contribution in [0.15, 0.2) is 47.5 Å². The maximum absolute atomic E-state index is 15.3. The Morgan fingerprint density at radius 3 is 2.46 bits per heavy atom. The molecule has 2 aromatic carbocycles. The molecule has 2 N–H and O–H groups in total. The zero-order chi connectivity index (χ0) is 20.7. The Morgan fingerprint density at radius 2 is 1.79 bits per heavy atom. The minimum atomic E-state index is -3.51. The van der Waals surface area contributed by atoms with Crippen LogP contribution in [-0.4, -0.2) is 24.7 Å². The van der Waals surface area contributed by atoms with E-state index < -0.39 is 28.9 Å². The van der Waals surface area contributed by atoms with E-state index in [4.69, 9.17) is 15.2 Å². The molecule has 0 aliphatic carbocycles. The summed E-state index contributed by atoms with van der Waals surface area (Å²) in [5.74, 6) is -3.62. The van der Waals surface area contributed by atoms with Crippen molar-refractivity contribution in [2.45, 2.75) is 44.3 Å². The Morgan fingerprint density at radius 1 is 1.11 bits per heavy atom. The summed E-state index contributed by atoms with van der Waals surface area (Å²) in [6, 6.07) is 11.1. The van der Waals surface area contributed by atoms with Gasteiger partial charge in [0.05, 0.1) is 7.11 Å². The molecular weight excluding hydrogens is 369 g/mol. The van der Waals surface area contributed by atoms with Crippen LogP contribution in [0.3, 0.4) is 0 Å². The molecule has 28 heavy (non-hydrogen) atoms. The summed E-state index contributed by atoms with van der Waals surface area (Å²) < 4.78 is 55.6. The molecule has 0 saturated carbocycles. The van der Waals surface area contributed by atoms with Gasteiger partial charge in [0, 0.05) is 12.0 Å². The summed E-state index contributed by atoms with van der Waals surface area (Å²) >= 11 is 0. The Labute approximate surface area is 162 Å². The third kappa shape index (κ3) is 3.08. The summed E-state index contributed by atoms with van der Waals surface area (Å²) in [6.07, 6.45) is 0.387. The molecule has 0 bridgehead atoms. The van der Waals surface area contributed by atoms with Crippen molar-refractivity contribution in [1.82, 2.24) is 0 Å². The number of ether oxygens (including phenoxy) is 2. The molecule has 1 heterocycles. The lowest BCUT2D eigenvalue weighted by molar-refractivity contribution is -0.207. The number of halogens is 3. The fourth-order valence-electron chi connectivity index (χ4n) is 3.58. The van der Waals surface area contributed by atoms with Gasteiger partial charge < -0.3 is 15.2 Å². The first-order valence-electron chi connectivity index (χ1n) is 8.85. The number of amidine groups is 1. The third-order valence-corrected chi connectivity index (χ3v) is 5.20. The fourth-order valence-corrected chi connectivity index (χ4v) is 3.58. The van der Waals surface area contributed by atoms with Crippen molar-refractivity contribution in [2.24, 2.45) is 10.7 Å². The molecule has 7 heteroatoms. The molecule has 0 amide bonds. The number of benzene rings is 2. The molecule has 150 valence electrons. The predicted octanol–water partition coefficient (Wildman–Crippen LogP) is 4.40. The number of rotatable bonds is 4. The van der Waals surface area contributed by atoms with E-state index in [2.05, 4.69) is 4.99 Å². The van der Waals surface area contributed by atoms with Crippen LogP contribution >= 0.6 is 0 Å². The van der Waals surface area contributed by atoms with Crippen molar-refractivity contribution < 1.29 is 22.6 Å². The number of para-hydroxylation sites is 1. The van der Waals surface area contributed by atoms with Crippen molar-refractivity contribution in [3.63, 3.8) is 0 Å². The summed E-state index contributed by atoms with van der Waals surface area (Å²) in [7, 11) is 1.55. The van der Waals surface area contributed by atoms with Gasteiger partial charge in [-0.05, 0) is 50.1 Å². The first-order valence-corrected chi connectivity index (χ1v) is 8.85. The lowest BCUT2D eigenvalue weighted by Crippen LogP contribution is -2.62. The average molecular weight is 392 g/mol. The molecule has 4 nitrogen and oxygen atoms in total. The van der Waals surface area contributed by atoms with Crippen LogP contribution in [0.4, 0.5) is 13.2 Å². The van der Waals surface area contributed by atoms with Crippen molar-refractivity contribution in [1.29, 1.82) is 0 Å². The molecule has 1 aliphatic rings. The number of nitrogens with zero attached hydrogens (tertiary/aromatic N) is 1.